The second kappa shape index (κ2) is 1.49. The van der Waals surface area contributed by atoms with Crippen molar-refractivity contribution in [3.8, 4) is 0 Å². The number of hydrogen-bond acceptors (Lipinski definition) is 1. The van der Waals surface area contributed by atoms with Gasteiger partial charge in [0.05, 0.1) is 5.54 Å². The zero-order chi connectivity index (χ0) is 7.69. The van der Waals surface area contributed by atoms with Crippen molar-refractivity contribution in [3.63, 3.8) is 0 Å². The summed E-state index contributed by atoms with van der Waals surface area (Å²) in [7, 11) is 0. The molecular formula is C9H14FN. The highest BCUT2D eigenvalue weighted by Crippen LogP contribution is 2.64. The Kier molecular flexibility index (Phi) is 0.869. The fourth-order valence-corrected chi connectivity index (χ4v) is 3.39. The molecule has 1 saturated carbocycles. The molecule has 3 unspecified atom stereocenters. The molecule has 11 heavy (non-hydrogen) atoms. The summed E-state index contributed by atoms with van der Waals surface area (Å²) in [6, 6.07) is 0. The molecule has 3 aliphatic rings. The van der Waals surface area contributed by atoms with Crippen molar-refractivity contribution in [1.82, 2.24) is 4.90 Å². The second-order valence-corrected chi connectivity index (χ2v) is 4.49. The fraction of sp³-hybridized carbons (Fsp3) is 1.00. The van der Waals surface area contributed by atoms with Crippen LogP contribution in [0.3, 0.4) is 0 Å². The first kappa shape index (κ1) is 6.41. The molecule has 0 radical (unpaired) electrons. The zero-order valence-electron chi connectivity index (χ0n) is 6.94. The quantitative estimate of drug-likeness (QED) is 0.513. The number of hydrogen-bond donors (Lipinski definition) is 0. The van der Waals surface area contributed by atoms with E-state index in [4.69, 9.17) is 0 Å². The Labute approximate surface area is 66.6 Å². The molecule has 2 heteroatoms. The lowest BCUT2D eigenvalue weighted by atomic mass is 9.57. The molecule has 0 amide bonds. The molecule has 2 aliphatic heterocycles. The van der Waals surface area contributed by atoms with Crippen LogP contribution in [0.15, 0.2) is 0 Å². The molecule has 0 N–H and O–H groups in total. The Hall–Kier alpha value is -0.110. The van der Waals surface area contributed by atoms with Crippen LogP contribution in [0.4, 0.5) is 4.39 Å². The highest BCUT2D eigenvalue weighted by molar-refractivity contribution is 5.26. The average molecular weight is 155 g/mol. The van der Waals surface area contributed by atoms with Gasteiger partial charge < -0.3 is 0 Å². The minimum atomic E-state index is -0.786. The Morgan fingerprint density at radius 2 is 2.18 bits per heavy atom. The lowest BCUT2D eigenvalue weighted by Crippen LogP contribution is -2.71. The van der Waals surface area contributed by atoms with E-state index >= 15 is 0 Å². The van der Waals surface area contributed by atoms with Gasteiger partial charge in [-0.15, -0.1) is 0 Å². The van der Waals surface area contributed by atoms with Gasteiger partial charge in [0.15, 0.2) is 0 Å². The van der Waals surface area contributed by atoms with E-state index in [1.807, 2.05) is 0 Å². The van der Waals surface area contributed by atoms with Crippen molar-refractivity contribution in [2.45, 2.75) is 37.4 Å². The first-order chi connectivity index (χ1) is 5.19. The molecule has 2 saturated heterocycles. The van der Waals surface area contributed by atoms with E-state index in [9.17, 15) is 4.39 Å². The third-order valence-corrected chi connectivity index (χ3v) is 4.35. The molecule has 2 heterocycles. The van der Waals surface area contributed by atoms with E-state index in [1.54, 1.807) is 0 Å². The van der Waals surface area contributed by atoms with Crippen molar-refractivity contribution in [3.05, 3.63) is 0 Å². The van der Waals surface area contributed by atoms with E-state index < -0.39 is 5.67 Å². The van der Waals surface area contributed by atoms with Gasteiger partial charge in [0.2, 0.25) is 0 Å². The summed E-state index contributed by atoms with van der Waals surface area (Å²) in [5, 5.41) is 0. The van der Waals surface area contributed by atoms with Crippen LogP contribution < -0.4 is 0 Å². The molecule has 3 fully saturated rings. The van der Waals surface area contributed by atoms with E-state index in [0.29, 0.717) is 5.92 Å². The maximum absolute atomic E-state index is 14.1. The van der Waals surface area contributed by atoms with Crippen LogP contribution in [-0.4, -0.2) is 29.2 Å². The minimum Gasteiger partial charge on any atom is -0.294 e. The standard InChI is InChI=1S/C9H14FN/c1-7-6-11-5-4-8(11)2-3-9(7,8)10/h7H,2-6H2,1H3. The number of alkyl halides is 1. The Morgan fingerprint density at radius 1 is 1.36 bits per heavy atom. The number of halogens is 1. The summed E-state index contributed by atoms with van der Waals surface area (Å²) in [5.41, 5.74) is -0.738. The largest absolute Gasteiger partial charge is 0.294 e. The van der Waals surface area contributed by atoms with Crippen LogP contribution in [0.2, 0.25) is 0 Å². The van der Waals surface area contributed by atoms with Gasteiger partial charge in [-0.05, 0) is 19.3 Å². The lowest BCUT2D eigenvalue weighted by molar-refractivity contribution is -0.150. The third kappa shape index (κ3) is 0.429. The molecule has 0 aromatic heterocycles. The third-order valence-electron chi connectivity index (χ3n) is 4.35. The van der Waals surface area contributed by atoms with Gasteiger partial charge in [-0.3, -0.25) is 4.90 Å². The molecule has 0 aromatic rings. The van der Waals surface area contributed by atoms with E-state index in [-0.39, 0.29) is 5.54 Å². The molecule has 0 bridgehead atoms. The highest BCUT2D eigenvalue weighted by Gasteiger charge is 2.73. The minimum absolute atomic E-state index is 0.0480. The van der Waals surface area contributed by atoms with Gasteiger partial charge in [-0.25, -0.2) is 4.39 Å². The van der Waals surface area contributed by atoms with Gasteiger partial charge in [0, 0.05) is 19.0 Å². The van der Waals surface area contributed by atoms with Crippen LogP contribution in [0.1, 0.15) is 26.2 Å². The predicted molar refractivity (Wildman–Crippen MR) is 41.2 cm³/mol. The zero-order valence-corrected chi connectivity index (χ0v) is 6.94. The smallest absolute Gasteiger partial charge is 0.133 e. The molecular weight excluding hydrogens is 141 g/mol. The van der Waals surface area contributed by atoms with Crippen LogP contribution in [0.25, 0.3) is 0 Å². The molecule has 1 spiro atoms. The molecule has 1 aliphatic carbocycles. The summed E-state index contributed by atoms with van der Waals surface area (Å²) in [6.07, 6.45) is 3.06. The Bertz CT molecular complexity index is 202. The SMILES string of the molecule is CC1CN2CCC23CCC13F. The van der Waals surface area contributed by atoms with E-state index in [1.165, 1.54) is 0 Å². The normalized spacial score (nSPS) is 61.1. The molecule has 3 atom stereocenters. The van der Waals surface area contributed by atoms with Crippen molar-refractivity contribution in [1.29, 1.82) is 0 Å². The van der Waals surface area contributed by atoms with E-state index in [2.05, 4.69) is 11.8 Å². The van der Waals surface area contributed by atoms with Gasteiger partial charge in [-0.2, -0.15) is 0 Å². The summed E-state index contributed by atoms with van der Waals surface area (Å²) >= 11 is 0. The van der Waals surface area contributed by atoms with Crippen molar-refractivity contribution in [2.24, 2.45) is 5.92 Å². The fourth-order valence-electron chi connectivity index (χ4n) is 3.39. The topological polar surface area (TPSA) is 3.24 Å². The van der Waals surface area contributed by atoms with Crippen molar-refractivity contribution < 1.29 is 4.39 Å². The van der Waals surface area contributed by atoms with Crippen LogP contribution in [-0.2, 0) is 0 Å². The maximum Gasteiger partial charge on any atom is 0.133 e. The predicted octanol–water partition coefficient (Wildman–Crippen LogP) is 1.58. The summed E-state index contributed by atoms with van der Waals surface area (Å²) in [6.45, 7) is 4.23. The Morgan fingerprint density at radius 3 is 2.45 bits per heavy atom. The van der Waals surface area contributed by atoms with Gasteiger partial charge >= 0.3 is 0 Å². The average Bonchev–Trinajstić information content (AvgIpc) is 1.99. The van der Waals surface area contributed by atoms with Crippen LogP contribution in [0.5, 0.6) is 0 Å². The van der Waals surface area contributed by atoms with Crippen LogP contribution in [0, 0.1) is 5.92 Å². The second-order valence-electron chi connectivity index (χ2n) is 4.49. The molecule has 1 nitrogen and oxygen atoms in total. The van der Waals surface area contributed by atoms with Gasteiger partial charge in [-0.1, -0.05) is 6.92 Å². The van der Waals surface area contributed by atoms with Gasteiger partial charge in [0.25, 0.3) is 0 Å². The first-order valence-electron chi connectivity index (χ1n) is 4.63. The van der Waals surface area contributed by atoms with E-state index in [0.717, 1.165) is 32.4 Å². The highest BCUT2D eigenvalue weighted by atomic mass is 19.1. The summed E-state index contributed by atoms with van der Waals surface area (Å²) in [4.78, 5) is 2.36. The summed E-state index contributed by atoms with van der Waals surface area (Å²) < 4.78 is 14.1. The maximum atomic E-state index is 14.1. The first-order valence-corrected chi connectivity index (χ1v) is 4.63. The van der Waals surface area contributed by atoms with Gasteiger partial charge in [0.1, 0.15) is 5.67 Å². The molecule has 62 valence electrons. The Balaban J connectivity index is 2.03. The van der Waals surface area contributed by atoms with Crippen molar-refractivity contribution >= 4 is 0 Å². The monoisotopic (exact) mass is 155 g/mol. The number of nitrogens with zero attached hydrogens (tertiary/aromatic N) is 1. The molecule has 0 aromatic carbocycles. The summed E-state index contributed by atoms with van der Waals surface area (Å²) in [5.74, 6) is 0.291. The lowest BCUT2D eigenvalue weighted by Gasteiger charge is -2.61. The van der Waals surface area contributed by atoms with Crippen molar-refractivity contribution in [2.75, 3.05) is 13.1 Å². The number of rotatable bonds is 0. The van der Waals surface area contributed by atoms with Crippen LogP contribution >= 0.6 is 0 Å². The molecule has 3 rings (SSSR count).